The van der Waals surface area contributed by atoms with Gasteiger partial charge in [-0.2, -0.15) is 11.8 Å². The summed E-state index contributed by atoms with van der Waals surface area (Å²) in [6.07, 6.45) is 5.94. The monoisotopic (exact) mass is 516 g/mol. The van der Waals surface area contributed by atoms with Crippen LogP contribution >= 0.6 is 35.7 Å². The molecule has 0 saturated carbocycles. The third kappa shape index (κ3) is 9.01. The van der Waals surface area contributed by atoms with Crippen LogP contribution in [0.5, 0.6) is 0 Å². The standard InChI is InChI=1S/C20H28N4O2S.HI/c1-3-21-20(22-11-4-5-13-27-2)23-15-16-8-6-9-17(14-16)24-19(25)18-10-7-12-26-18;/h6-10,12,14H,3-5,11,13,15H2,1-2H3,(H,24,25)(H2,21,22,23);1H. The van der Waals surface area contributed by atoms with E-state index in [-0.39, 0.29) is 29.9 Å². The molecule has 1 aromatic carbocycles. The zero-order chi connectivity index (χ0) is 19.3. The van der Waals surface area contributed by atoms with Gasteiger partial charge in [0.2, 0.25) is 0 Å². The molecule has 28 heavy (non-hydrogen) atoms. The number of furan rings is 1. The molecule has 0 fully saturated rings. The Morgan fingerprint density at radius 3 is 2.75 bits per heavy atom. The summed E-state index contributed by atoms with van der Waals surface area (Å²) in [6, 6.07) is 11.0. The molecule has 1 amide bonds. The van der Waals surface area contributed by atoms with E-state index >= 15 is 0 Å². The van der Waals surface area contributed by atoms with E-state index in [2.05, 4.69) is 34.1 Å². The average molecular weight is 516 g/mol. The molecule has 0 unspecified atom stereocenters. The Morgan fingerprint density at radius 2 is 2.04 bits per heavy atom. The van der Waals surface area contributed by atoms with Crippen LogP contribution in [-0.2, 0) is 6.54 Å². The van der Waals surface area contributed by atoms with Crippen molar-refractivity contribution in [2.75, 3.05) is 30.4 Å². The third-order valence-electron chi connectivity index (χ3n) is 3.76. The van der Waals surface area contributed by atoms with Gasteiger partial charge in [0.1, 0.15) is 0 Å². The largest absolute Gasteiger partial charge is 0.459 e. The molecule has 0 aliphatic rings. The van der Waals surface area contributed by atoms with E-state index < -0.39 is 0 Å². The highest BCUT2D eigenvalue weighted by atomic mass is 127. The summed E-state index contributed by atoms with van der Waals surface area (Å²) in [4.78, 5) is 16.7. The number of unbranched alkanes of at least 4 members (excludes halogenated alkanes) is 1. The topological polar surface area (TPSA) is 78.7 Å². The Hall–Kier alpha value is -1.68. The Labute approximate surface area is 188 Å². The highest BCUT2D eigenvalue weighted by Gasteiger charge is 2.08. The van der Waals surface area contributed by atoms with E-state index in [0.29, 0.717) is 12.3 Å². The van der Waals surface area contributed by atoms with Crippen molar-refractivity contribution in [1.29, 1.82) is 0 Å². The molecule has 1 heterocycles. The van der Waals surface area contributed by atoms with Gasteiger partial charge in [0, 0.05) is 18.8 Å². The average Bonchev–Trinajstić information content (AvgIpc) is 3.21. The minimum atomic E-state index is -0.263. The number of guanidine groups is 1. The lowest BCUT2D eigenvalue weighted by molar-refractivity contribution is 0.0996. The Balaban J connectivity index is 0.00000392. The number of carbonyl (C=O) groups is 1. The summed E-state index contributed by atoms with van der Waals surface area (Å²) in [5, 5.41) is 9.46. The number of thioether (sulfide) groups is 1. The van der Waals surface area contributed by atoms with Crippen LogP contribution in [0.15, 0.2) is 52.1 Å². The van der Waals surface area contributed by atoms with Crippen LogP contribution in [0.4, 0.5) is 5.69 Å². The summed E-state index contributed by atoms with van der Waals surface area (Å²) in [5.74, 6) is 2.03. The van der Waals surface area contributed by atoms with Crippen LogP contribution in [0.1, 0.15) is 35.9 Å². The Bertz CT molecular complexity index is 723. The predicted octanol–water partition coefficient (Wildman–Crippen LogP) is 4.35. The number of carbonyl (C=O) groups excluding carboxylic acids is 1. The predicted molar refractivity (Wildman–Crippen MR) is 129 cm³/mol. The fourth-order valence-electron chi connectivity index (χ4n) is 2.44. The molecular weight excluding hydrogens is 487 g/mol. The summed E-state index contributed by atoms with van der Waals surface area (Å²) in [7, 11) is 0. The number of hydrogen-bond acceptors (Lipinski definition) is 4. The van der Waals surface area contributed by atoms with Gasteiger partial charge in [-0.1, -0.05) is 12.1 Å². The number of hydrogen-bond donors (Lipinski definition) is 3. The second kappa shape index (κ2) is 14.3. The van der Waals surface area contributed by atoms with Crippen LogP contribution in [0, 0.1) is 0 Å². The fourth-order valence-corrected chi connectivity index (χ4v) is 2.93. The van der Waals surface area contributed by atoms with E-state index in [0.717, 1.165) is 36.7 Å². The van der Waals surface area contributed by atoms with E-state index in [4.69, 9.17) is 4.42 Å². The molecule has 6 nitrogen and oxygen atoms in total. The van der Waals surface area contributed by atoms with Crippen LogP contribution < -0.4 is 16.0 Å². The molecule has 8 heteroatoms. The number of halogens is 1. The van der Waals surface area contributed by atoms with Crippen LogP contribution in [0.2, 0.25) is 0 Å². The maximum absolute atomic E-state index is 12.1. The lowest BCUT2D eigenvalue weighted by Gasteiger charge is -2.11. The molecule has 3 N–H and O–H groups in total. The first kappa shape index (κ1) is 24.4. The van der Waals surface area contributed by atoms with E-state index in [1.807, 2.05) is 36.0 Å². The van der Waals surface area contributed by atoms with Gasteiger partial charge in [-0.15, -0.1) is 24.0 Å². The summed E-state index contributed by atoms with van der Waals surface area (Å²) in [6.45, 7) is 4.31. The van der Waals surface area contributed by atoms with Crippen molar-refractivity contribution in [3.63, 3.8) is 0 Å². The zero-order valence-electron chi connectivity index (χ0n) is 16.4. The first-order valence-electron chi connectivity index (χ1n) is 9.18. The van der Waals surface area contributed by atoms with Gasteiger partial charge < -0.3 is 20.4 Å². The van der Waals surface area contributed by atoms with E-state index in [9.17, 15) is 4.79 Å². The van der Waals surface area contributed by atoms with Gasteiger partial charge in [0.15, 0.2) is 11.7 Å². The minimum Gasteiger partial charge on any atom is -0.459 e. The summed E-state index contributed by atoms with van der Waals surface area (Å²) in [5.41, 5.74) is 1.74. The first-order valence-corrected chi connectivity index (χ1v) is 10.6. The minimum absolute atomic E-state index is 0. The molecule has 0 spiro atoms. The first-order chi connectivity index (χ1) is 13.2. The van der Waals surface area contributed by atoms with Gasteiger partial charge in [-0.3, -0.25) is 4.79 Å². The molecule has 2 rings (SSSR count). The molecule has 0 aliphatic carbocycles. The number of aliphatic imine (C=N–C) groups is 1. The maximum atomic E-state index is 12.1. The van der Waals surface area contributed by atoms with Gasteiger partial charge in [0.25, 0.3) is 5.91 Å². The quantitative estimate of drug-likeness (QED) is 0.190. The summed E-state index contributed by atoms with van der Waals surface area (Å²) >= 11 is 1.87. The van der Waals surface area contributed by atoms with Crippen molar-refractivity contribution in [1.82, 2.24) is 10.6 Å². The van der Waals surface area contributed by atoms with Crippen molar-refractivity contribution < 1.29 is 9.21 Å². The van der Waals surface area contributed by atoms with Crippen molar-refractivity contribution in [3.05, 3.63) is 54.0 Å². The molecule has 154 valence electrons. The van der Waals surface area contributed by atoms with Crippen molar-refractivity contribution >= 4 is 53.3 Å². The van der Waals surface area contributed by atoms with Crippen LogP contribution in [0.3, 0.4) is 0 Å². The maximum Gasteiger partial charge on any atom is 0.291 e. The lowest BCUT2D eigenvalue weighted by Crippen LogP contribution is -2.37. The van der Waals surface area contributed by atoms with Crippen LogP contribution in [0.25, 0.3) is 0 Å². The molecule has 0 atom stereocenters. The number of nitrogens with one attached hydrogen (secondary N) is 3. The zero-order valence-corrected chi connectivity index (χ0v) is 19.5. The van der Waals surface area contributed by atoms with Gasteiger partial charge in [-0.25, -0.2) is 4.99 Å². The smallest absolute Gasteiger partial charge is 0.291 e. The highest BCUT2D eigenvalue weighted by Crippen LogP contribution is 2.13. The normalized spacial score (nSPS) is 10.9. The van der Waals surface area contributed by atoms with Crippen molar-refractivity contribution in [2.24, 2.45) is 4.99 Å². The third-order valence-corrected chi connectivity index (χ3v) is 4.46. The van der Waals surface area contributed by atoms with Crippen LogP contribution in [-0.4, -0.2) is 37.0 Å². The van der Waals surface area contributed by atoms with Gasteiger partial charge in [-0.05, 0) is 61.6 Å². The molecule has 1 aromatic heterocycles. The van der Waals surface area contributed by atoms with E-state index in [1.54, 1.807) is 12.1 Å². The molecule has 0 radical (unpaired) electrons. The number of nitrogens with zero attached hydrogens (tertiary/aromatic N) is 1. The number of amides is 1. The van der Waals surface area contributed by atoms with Gasteiger partial charge >= 0.3 is 0 Å². The number of anilines is 1. The highest BCUT2D eigenvalue weighted by molar-refractivity contribution is 14.0. The van der Waals surface area contributed by atoms with E-state index in [1.165, 1.54) is 18.4 Å². The van der Waals surface area contributed by atoms with Gasteiger partial charge in [0.05, 0.1) is 12.8 Å². The molecular formula is C20H29IN4O2S. The van der Waals surface area contributed by atoms with Crippen molar-refractivity contribution in [2.45, 2.75) is 26.3 Å². The molecule has 0 aliphatic heterocycles. The fraction of sp³-hybridized carbons (Fsp3) is 0.400. The second-order valence-corrected chi connectivity index (χ2v) is 6.94. The Kier molecular flexibility index (Phi) is 12.5. The SMILES string of the molecule is CCNC(=NCc1cccc(NC(=O)c2ccco2)c1)NCCCCSC.I. The Morgan fingerprint density at radius 1 is 1.18 bits per heavy atom. The number of benzene rings is 1. The summed E-state index contributed by atoms with van der Waals surface area (Å²) < 4.78 is 5.11. The lowest BCUT2D eigenvalue weighted by atomic mass is 10.2. The number of rotatable bonds is 10. The molecule has 0 bridgehead atoms. The molecule has 2 aromatic rings. The van der Waals surface area contributed by atoms with Crippen molar-refractivity contribution in [3.8, 4) is 0 Å². The second-order valence-electron chi connectivity index (χ2n) is 5.95. The molecule has 0 saturated heterocycles.